The maximum absolute atomic E-state index is 5.73. The molecule has 0 aliphatic heterocycles. The quantitative estimate of drug-likeness (QED) is 0.611. The maximum Gasteiger partial charge on any atom is 0.191 e. The van der Waals surface area contributed by atoms with Gasteiger partial charge in [-0.25, -0.2) is 4.98 Å². The van der Waals surface area contributed by atoms with Crippen molar-refractivity contribution in [3.63, 3.8) is 0 Å². The Morgan fingerprint density at radius 1 is 1.22 bits per heavy atom. The van der Waals surface area contributed by atoms with Crippen molar-refractivity contribution in [2.45, 2.75) is 17.5 Å². The largest absolute Gasteiger partial charge is 0.497 e. The van der Waals surface area contributed by atoms with Crippen molar-refractivity contribution in [1.82, 2.24) is 19.7 Å². The van der Waals surface area contributed by atoms with Gasteiger partial charge in [-0.2, -0.15) is 0 Å². The maximum atomic E-state index is 5.73. The summed E-state index contributed by atoms with van der Waals surface area (Å²) in [4.78, 5) is 4.58. The summed E-state index contributed by atoms with van der Waals surface area (Å²) in [7, 11) is 3.57. The zero-order valence-electron chi connectivity index (χ0n) is 12.8. The number of thiazole rings is 1. The highest BCUT2D eigenvalue weighted by molar-refractivity contribution is 7.98. The Hall–Kier alpha value is -2.06. The molecule has 2 aromatic heterocycles. The van der Waals surface area contributed by atoms with Gasteiger partial charge in [-0.1, -0.05) is 11.8 Å². The summed E-state index contributed by atoms with van der Waals surface area (Å²) in [6.07, 6.45) is 1.69. The van der Waals surface area contributed by atoms with Gasteiger partial charge < -0.3 is 14.0 Å². The Morgan fingerprint density at radius 3 is 2.70 bits per heavy atom. The predicted molar refractivity (Wildman–Crippen MR) is 90.0 cm³/mol. The van der Waals surface area contributed by atoms with Crippen LogP contribution >= 0.6 is 23.1 Å². The van der Waals surface area contributed by atoms with Crippen molar-refractivity contribution in [2.75, 3.05) is 7.11 Å². The molecule has 0 spiro atoms. The zero-order valence-corrected chi connectivity index (χ0v) is 14.4. The Balaban J connectivity index is 1.51. The molecule has 0 radical (unpaired) electrons. The monoisotopic (exact) mass is 348 g/mol. The summed E-state index contributed by atoms with van der Waals surface area (Å²) >= 11 is 3.22. The highest BCUT2D eigenvalue weighted by atomic mass is 32.2. The van der Waals surface area contributed by atoms with Crippen molar-refractivity contribution in [2.24, 2.45) is 7.05 Å². The third-order valence-electron chi connectivity index (χ3n) is 3.04. The number of hydrogen-bond donors (Lipinski definition) is 0. The molecule has 23 heavy (non-hydrogen) atoms. The molecule has 120 valence electrons. The van der Waals surface area contributed by atoms with Gasteiger partial charge in [-0.05, 0) is 24.3 Å². The van der Waals surface area contributed by atoms with E-state index >= 15 is 0 Å². The number of aromatic nitrogens is 4. The average molecular weight is 348 g/mol. The van der Waals surface area contributed by atoms with Crippen molar-refractivity contribution in [1.29, 1.82) is 0 Å². The van der Waals surface area contributed by atoms with Crippen LogP contribution in [0.4, 0.5) is 0 Å². The van der Waals surface area contributed by atoms with E-state index in [2.05, 4.69) is 20.6 Å². The summed E-state index contributed by atoms with van der Waals surface area (Å²) in [6.45, 7) is 0.464. The standard InChI is InChI=1S/C15H16N4O2S2/c1-19-10-16-18-15(19)23-9-11-8-22-14(17-11)7-21-13-5-3-12(20-2)4-6-13/h3-6,8,10H,7,9H2,1-2H3. The molecule has 6 nitrogen and oxygen atoms in total. The predicted octanol–water partition coefficient (Wildman–Crippen LogP) is 3.15. The molecule has 0 amide bonds. The molecular weight excluding hydrogens is 332 g/mol. The second-order valence-electron chi connectivity index (χ2n) is 4.71. The van der Waals surface area contributed by atoms with Crippen LogP contribution in [0.3, 0.4) is 0 Å². The molecular formula is C15H16N4O2S2. The Kier molecular flexibility index (Phi) is 5.14. The van der Waals surface area contributed by atoms with Crippen LogP contribution in [-0.2, 0) is 19.4 Å². The molecule has 2 heterocycles. The SMILES string of the molecule is COc1ccc(OCc2nc(CSc3nncn3C)cs2)cc1. The molecule has 1 aromatic carbocycles. The number of methoxy groups -OCH3 is 1. The van der Waals surface area contributed by atoms with E-state index in [0.717, 1.165) is 33.1 Å². The minimum absolute atomic E-state index is 0.464. The van der Waals surface area contributed by atoms with Gasteiger partial charge >= 0.3 is 0 Å². The van der Waals surface area contributed by atoms with Crippen molar-refractivity contribution in [3.8, 4) is 11.5 Å². The lowest BCUT2D eigenvalue weighted by atomic mass is 10.3. The number of nitrogens with zero attached hydrogens (tertiary/aromatic N) is 4. The van der Waals surface area contributed by atoms with Gasteiger partial charge in [0.1, 0.15) is 29.4 Å². The number of rotatable bonds is 7. The van der Waals surface area contributed by atoms with Crippen LogP contribution in [0.5, 0.6) is 11.5 Å². The van der Waals surface area contributed by atoms with E-state index < -0.39 is 0 Å². The molecule has 0 saturated heterocycles. The molecule has 3 rings (SSSR count). The summed E-state index contributed by atoms with van der Waals surface area (Å²) in [6, 6.07) is 7.52. The number of ether oxygens (including phenoxy) is 2. The second-order valence-corrected chi connectivity index (χ2v) is 6.60. The van der Waals surface area contributed by atoms with Gasteiger partial charge in [0.2, 0.25) is 0 Å². The Morgan fingerprint density at radius 2 is 2.00 bits per heavy atom. The van der Waals surface area contributed by atoms with Crippen LogP contribution in [0, 0.1) is 0 Å². The summed E-state index contributed by atoms with van der Waals surface area (Å²) in [5.41, 5.74) is 1.02. The van der Waals surface area contributed by atoms with Crippen molar-refractivity contribution < 1.29 is 9.47 Å². The number of hydrogen-bond acceptors (Lipinski definition) is 7. The lowest BCUT2D eigenvalue weighted by Gasteiger charge is -2.05. The van der Waals surface area contributed by atoms with E-state index in [1.807, 2.05) is 35.9 Å². The molecule has 0 atom stereocenters. The fourth-order valence-corrected chi connectivity index (χ4v) is 3.43. The molecule has 0 unspecified atom stereocenters. The lowest BCUT2D eigenvalue weighted by molar-refractivity contribution is 0.304. The van der Waals surface area contributed by atoms with Crippen molar-refractivity contribution in [3.05, 3.63) is 46.7 Å². The number of aryl methyl sites for hydroxylation is 1. The summed E-state index contributed by atoms with van der Waals surface area (Å²) in [5.74, 6) is 2.39. The van der Waals surface area contributed by atoms with E-state index in [4.69, 9.17) is 9.47 Å². The molecule has 0 fully saturated rings. The van der Waals surface area contributed by atoms with Crippen LogP contribution in [0.15, 0.2) is 41.1 Å². The summed E-state index contributed by atoms with van der Waals surface area (Å²) in [5, 5.41) is 11.8. The lowest BCUT2D eigenvalue weighted by Crippen LogP contribution is -1.95. The number of benzene rings is 1. The van der Waals surface area contributed by atoms with E-state index in [9.17, 15) is 0 Å². The molecule has 0 bridgehead atoms. The first-order valence-corrected chi connectivity index (χ1v) is 8.78. The fourth-order valence-electron chi connectivity index (χ4n) is 1.84. The third kappa shape index (κ3) is 4.23. The molecule has 0 aliphatic rings. The van der Waals surface area contributed by atoms with Gasteiger partial charge in [0.15, 0.2) is 5.16 Å². The fraction of sp³-hybridized carbons (Fsp3) is 0.267. The smallest absolute Gasteiger partial charge is 0.191 e. The van der Waals surface area contributed by atoms with E-state index in [-0.39, 0.29) is 0 Å². The van der Waals surface area contributed by atoms with Gasteiger partial charge in [0.05, 0.1) is 12.8 Å². The van der Waals surface area contributed by atoms with Gasteiger partial charge in [-0.3, -0.25) is 0 Å². The van der Waals surface area contributed by atoms with Crippen LogP contribution in [0.2, 0.25) is 0 Å². The van der Waals surface area contributed by atoms with Gasteiger partial charge in [0, 0.05) is 18.2 Å². The van der Waals surface area contributed by atoms with Crippen LogP contribution in [0.25, 0.3) is 0 Å². The molecule has 0 aliphatic carbocycles. The first kappa shape index (κ1) is 15.8. The zero-order chi connectivity index (χ0) is 16.1. The van der Waals surface area contributed by atoms with Crippen LogP contribution in [-0.4, -0.2) is 26.9 Å². The number of thioether (sulfide) groups is 1. The van der Waals surface area contributed by atoms with Crippen molar-refractivity contribution >= 4 is 23.1 Å². The topological polar surface area (TPSA) is 62.1 Å². The highest BCUT2D eigenvalue weighted by Gasteiger charge is 2.07. The average Bonchev–Trinajstić information content (AvgIpc) is 3.20. The highest BCUT2D eigenvalue weighted by Crippen LogP contribution is 2.23. The molecule has 8 heteroatoms. The Bertz CT molecular complexity index is 755. The van der Waals surface area contributed by atoms with E-state index in [1.54, 1.807) is 36.5 Å². The van der Waals surface area contributed by atoms with Crippen LogP contribution < -0.4 is 9.47 Å². The minimum Gasteiger partial charge on any atom is -0.497 e. The first-order chi connectivity index (χ1) is 11.2. The normalized spacial score (nSPS) is 10.7. The van der Waals surface area contributed by atoms with Gasteiger partial charge in [-0.15, -0.1) is 21.5 Å². The minimum atomic E-state index is 0.464. The van der Waals surface area contributed by atoms with E-state index in [1.165, 1.54) is 0 Å². The molecule has 0 N–H and O–H groups in total. The molecule has 0 saturated carbocycles. The first-order valence-electron chi connectivity index (χ1n) is 6.91. The van der Waals surface area contributed by atoms with Gasteiger partial charge in [0.25, 0.3) is 0 Å². The second kappa shape index (κ2) is 7.47. The summed E-state index contributed by atoms with van der Waals surface area (Å²) < 4.78 is 12.7. The Labute approximate surface area is 142 Å². The van der Waals surface area contributed by atoms with E-state index in [0.29, 0.717) is 6.61 Å². The third-order valence-corrected chi connectivity index (χ3v) is 4.98. The molecule has 3 aromatic rings. The van der Waals surface area contributed by atoms with Crippen LogP contribution in [0.1, 0.15) is 10.7 Å².